The van der Waals surface area contributed by atoms with Crippen molar-refractivity contribution in [2.45, 2.75) is 19.8 Å². The molecule has 0 radical (unpaired) electrons. The Morgan fingerprint density at radius 3 is 2.73 bits per heavy atom. The summed E-state index contributed by atoms with van der Waals surface area (Å²) in [6.07, 6.45) is 4.94. The first-order valence-electron chi connectivity index (χ1n) is 10.7. The van der Waals surface area contributed by atoms with Gasteiger partial charge in [0.25, 0.3) is 5.91 Å². The molecule has 172 valence electrons. The van der Waals surface area contributed by atoms with E-state index in [4.69, 9.17) is 9.47 Å². The van der Waals surface area contributed by atoms with E-state index in [1.54, 1.807) is 49.7 Å². The third-order valence-electron chi connectivity index (χ3n) is 5.63. The van der Waals surface area contributed by atoms with Gasteiger partial charge in [-0.05, 0) is 44.0 Å². The number of hydrogen-bond acceptors (Lipinski definition) is 7. The summed E-state index contributed by atoms with van der Waals surface area (Å²) in [5.74, 6) is 0.652. The van der Waals surface area contributed by atoms with Crippen LogP contribution in [-0.4, -0.2) is 54.0 Å². The Bertz CT molecular complexity index is 1150. The van der Waals surface area contributed by atoms with Crippen LogP contribution in [0.4, 0.5) is 5.69 Å². The van der Waals surface area contributed by atoms with Gasteiger partial charge in [0.15, 0.2) is 11.5 Å². The number of carbonyl (C=O) groups excluding carboxylic acids is 2. The average molecular weight is 467 g/mol. The molecule has 1 N–H and O–H groups in total. The Morgan fingerprint density at radius 1 is 1.18 bits per heavy atom. The van der Waals surface area contributed by atoms with Crippen LogP contribution in [0, 0.1) is 12.8 Å². The Kier molecular flexibility index (Phi) is 6.88. The Morgan fingerprint density at radius 2 is 2.00 bits per heavy atom. The van der Waals surface area contributed by atoms with E-state index in [1.807, 2.05) is 19.1 Å². The second kappa shape index (κ2) is 9.99. The van der Waals surface area contributed by atoms with Crippen LogP contribution in [0.3, 0.4) is 0 Å². The van der Waals surface area contributed by atoms with Gasteiger partial charge in [-0.25, -0.2) is 4.98 Å². The number of methoxy groups -OCH3 is 2. The molecule has 1 unspecified atom stereocenters. The smallest absolute Gasteiger partial charge is 0.265 e. The first-order chi connectivity index (χ1) is 16.0. The summed E-state index contributed by atoms with van der Waals surface area (Å²) in [5, 5.41) is 3.71. The summed E-state index contributed by atoms with van der Waals surface area (Å²) in [6.45, 7) is 2.84. The zero-order chi connectivity index (χ0) is 23.4. The number of amides is 2. The van der Waals surface area contributed by atoms with E-state index in [2.05, 4.69) is 15.3 Å². The van der Waals surface area contributed by atoms with Crippen LogP contribution in [0.1, 0.15) is 28.2 Å². The summed E-state index contributed by atoms with van der Waals surface area (Å²) >= 11 is 1.37. The summed E-state index contributed by atoms with van der Waals surface area (Å²) in [4.78, 5) is 37.3. The molecule has 1 aliphatic rings. The Balaban J connectivity index is 1.45. The first kappa shape index (κ1) is 22.7. The quantitative estimate of drug-likeness (QED) is 0.590. The molecule has 33 heavy (non-hydrogen) atoms. The molecule has 1 aliphatic heterocycles. The van der Waals surface area contributed by atoms with Gasteiger partial charge in [-0.2, -0.15) is 0 Å². The van der Waals surface area contributed by atoms with E-state index >= 15 is 0 Å². The maximum Gasteiger partial charge on any atom is 0.265 e. The Labute approximate surface area is 196 Å². The van der Waals surface area contributed by atoms with E-state index in [0.29, 0.717) is 40.8 Å². The van der Waals surface area contributed by atoms with Gasteiger partial charge in [0.1, 0.15) is 9.88 Å². The van der Waals surface area contributed by atoms with Gasteiger partial charge in [-0.3, -0.25) is 14.6 Å². The van der Waals surface area contributed by atoms with Crippen molar-refractivity contribution in [1.29, 1.82) is 0 Å². The lowest BCUT2D eigenvalue weighted by molar-refractivity contribution is -0.121. The molecule has 2 amide bonds. The van der Waals surface area contributed by atoms with Crippen LogP contribution < -0.4 is 14.8 Å². The summed E-state index contributed by atoms with van der Waals surface area (Å²) in [5.41, 5.74) is 2.21. The fourth-order valence-corrected chi connectivity index (χ4v) is 4.91. The normalized spacial score (nSPS) is 15.7. The minimum absolute atomic E-state index is 0.0799. The molecule has 2 aromatic heterocycles. The molecular formula is C24H26N4O4S. The fourth-order valence-electron chi connectivity index (χ4n) is 3.89. The minimum atomic E-state index is -0.290. The number of likely N-dealkylation sites (tertiary alicyclic amines) is 1. The van der Waals surface area contributed by atoms with E-state index in [9.17, 15) is 9.59 Å². The predicted molar refractivity (Wildman–Crippen MR) is 127 cm³/mol. The molecule has 0 spiro atoms. The fraction of sp³-hybridized carbons (Fsp3) is 0.333. The van der Waals surface area contributed by atoms with Crippen LogP contribution in [0.15, 0.2) is 42.7 Å². The summed E-state index contributed by atoms with van der Waals surface area (Å²) < 4.78 is 10.6. The zero-order valence-corrected chi connectivity index (χ0v) is 19.6. The molecule has 3 aromatic rings. The second-order valence-corrected chi connectivity index (χ2v) is 8.82. The molecule has 1 saturated heterocycles. The Hall–Kier alpha value is -3.46. The monoisotopic (exact) mass is 466 g/mol. The number of ether oxygens (including phenoxy) is 2. The summed E-state index contributed by atoms with van der Waals surface area (Å²) in [7, 11) is 3.11. The lowest BCUT2D eigenvalue weighted by Crippen LogP contribution is -2.43. The van der Waals surface area contributed by atoms with E-state index in [0.717, 1.165) is 23.4 Å². The standard InChI is InChI=1S/C24H26N4O4S/c1-15-21(33-23(26-15)16-6-4-10-25-13-16)24(30)28-11-5-7-17(14-28)22(29)27-18-8-9-19(31-2)20(12-18)32-3/h4,6,8-10,12-13,17H,5,7,11,14H2,1-3H3,(H,27,29). The van der Waals surface area contributed by atoms with Crippen molar-refractivity contribution in [2.75, 3.05) is 32.6 Å². The number of hydrogen-bond donors (Lipinski definition) is 1. The van der Waals surface area contributed by atoms with Gasteiger partial charge in [-0.1, -0.05) is 0 Å². The number of nitrogens with one attached hydrogen (secondary N) is 1. The van der Waals surface area contributed by atoms with E-state index in [-0.39, 0.29) is 17.7 Å². The molecule has 8 nitrogen and oxygen atoms in total. The zero-order valence-electron chi connectivity index (χ0n) is 18.8. The minimum Gasteiger partial charge on any atom is -0.493 e. The van der Waals surface area contributed by atoms with E-state index in [1.165, 1.54) is 11.3 Å². The number of pyridine rings is 1. The number of carbonyl (C=O) groups is 2. The molecule has 0 saturated carbocycles. The van der Waals surface area contributed by atoms with Crippen molar-refractivity contribution in [1.82, 2.24) is 14.9 Å². The van der Waals surface area contributed by atoms with Gasteiger partial charge >= 0.3 is 0 Å². The first-order valence-corrected chi connectivity index (χ1v) is 11.5. The SMILES string of the molecule is COc1ccc(NC(=O)C2CCCN(C(=O)c3sc(-c4cccnc4)nc3C)C2)cc1OC. The van der Waals surface area contributed by atoms with Gasteiger partial charge in [0, 0.05) is 42.8 Å². The molecular weight excluding hydrogens is 440 g/mol. The molecule has 4 rings (SSSR count). The maximum absolute atomic E-state index is 13.3. The average Bonchev–Trinajstić information content (AvgIpc) is 3.25. The molecule has 1 fully saturated rings. The van der Waals surface area contributed by atoms with Crippen molar-refractivity contribution < 1.29 is 19.1 Å². The number of aromatic nitrogens is 2. The van der Waals surface area contributed by atoms with Crippen molar-refractivity contribution in [3.05, 3.63) is 53.3 Å². The number of benzene rings is 1. The molecule has 3 heterocycles. The van der Waals surface area contributed by atoms with Gasteiger partial charge < -0.3 is 19.7 Å². The maximum atomic E-state index is 13.3. The third kappa shape index (κ3) is 4.98. The van der Waals surface area contributed by atoms with Crippen LogP contribution in [0.25, 0.3) is 10.6 Å². The van der Waals surface area contributed by atoms with Crippen LogP contribution in [0.2, 0.25) is 0 Å². The highest BCUT2D eigenvalue weighted by Crippen LogP contribution is 2.31. The molecule has 0 bridgehead atoms. The lowest BCUT2D eigenvalue weighted by Gasteiger charge is -2.32. The topological polar surface area (TPSA) is 93.7 Å². The highest BCUT2D eigenvalue weighted by atomic mass is 32.1. The van der Waals surface area contributed by atoms with Crippen LogP contribution in [-0.2, 0) is 4.79 Å². The molecule has 9 heteroatoms. The molecule has 0 aliphatic carbocycles. The van der Waals surface area contributed by atoms with E-state index < -0.39 is 0 Å². The summed E-state index contributed by atoms with van der Waals surface area (Å²) in [6, 6.07) is 9.01. The van der Waals surface area contributed by atoms with Crippen molar-refractivity contribution in [3.8, 4) is 22.1 Å². The highest BCUT2D eigenvalue weighted by Gasteiger charge is 2.31. The molecule has 1 aromatic carbocycles. The number of anilines is 1. The largest absolute Gasteiger partial charge is 0.493 e. The third-order valence-corrected chi connectivity index (χ3v) is 6.82. The van der Waals surface area contributed by atoms with Crippen LogP contribution in [0.5, 0.6) is 11.5 Å². The van der Waals surface area contributed by atoms with Gasteiger partial charge in [0.2, 0.25) is 5.91 Å². The number of thiazole rings is 1. The predicted octanol–water partition coefficient (Wildman–Crippen LogP) is 4.02. The van der Waals surface area contributed by atoms with Gasteiger partial charge in [0.05, 0.1) is 25.8 Å². The number of piperidine rings is 1. The number of rotatable bonds is 6. The second-order valence-electron chi connectivity index (χ2n) is 7.82. The highest BCUT2D eigenvalue weighted by molar-refractivity contribution is 7.17. The van der Waals surface area contributed by atoms with Crippen molar-refractivity contribution >= 4 is 28.8 Å². The van der Waals surface area contributed by atoms with Crippen molar-refractivity contribution in [3.63, 3.8) is 0 Å². The lowest BCUT2D eigenvalue weighted by atomic mass is 9.96. The number of nitrogens with zero attached hydrogens (tertiary/aromatic N) is 3. The van der Waals surface area contributed by atoms with Gasteiger partial charge in [-0.15, -0.1) is 11.3 Å². The van der Waals surface area contributed by atoms with Crippen molar-refractivity contribution in [2.24, 2.45) is 5.92 Å². The molecule has 1 atom stereocenters. The van der Waals surface area contributed by atoms with Crippen LogP contribution >= 0.6 is 11.3 Å². The number of aryl methyl sites for hydroxylation is 1.